The van der Waals surface area contributed by atoms with E-state index >= 15 is 0 Å². The Kier molecular flexibility index (Phi) is 6.05. The highest BCUT2D eigenvalue weighted by atomic mass is 35.5. The van der Waals surface area contributed by atoms with Crippen LogP contribution in [0.4, 0.5) is 0 Å². The first-order valence-corrected chi connectivity index (χ1v) is 8.70. The molecule has 7 nitrogen and oxygen atoms in total. The lowest BCUT2D eigenvalue weighted by Crippen LogP contribution is -2.34. The van der Waals surface area contributed by atoms with Crippen LogP contribution in [0.5, 0.6) is 0 Å². The first-order valence-electron chi connectivity index (χ1n) is 7.94. The number of carbonyl (C=O) groups is 2. The van der Waals surface area contributed by atoms with E-state index < -0.39 is 5.91 Å². The number of hydrogen-bond donors (Lipinski definition) is 2. The molecule has 0 unspecified atom stereocenters. The van der Waals surface area contributed by atoms with E-state index in [1.807, 2.05) is 0 Å². The fourth-order valence-electron chi connectivity index (χ4n) is 2.19. The summed E-state index contributed by atoms with van der Waals surface area (Å²) in [4.78, 5) is 28.1. The van der Waals surface area contributed by atoms with E-state index in [-0.39, 0.29) is 30.7 Å². The van der Waals surface area contributed by atoms with Crippen LogP contribution in [0, 0.1) is 0 Å². The number of carbonyl (C=O) groups excluding carboxylic acids is 2. The zero-order valence-electron chi connectivity index (χ0n) is 13.9. The van der Waals surface area contributed by atoms with Gasteiger partial charge in [0.25, 0.3) is 5.91 Å². The maximum absolute atomic E-state index is 12.0. The molecule has 0 fully saturated rings. The molecule has 2 amide bonds. The third-order valence-electron chi connectivity index (χ3n) is 3.51. The second-order valence-corrected chi connectivity index (χ2v) is 6.33. The molecular weight excluding hydrogens is 391 g/mol. The lowest BCUT2D eigenvalue weighted by atomic mass is 10.2. The molecule has 0 bridgehead atoms. The lowest BCUT2D eigenvalue weighted by molar-refractivity contribution is 0.0898. The molecule has 1 aromatic heterocycles. The molecule has 27 heavy (non-hydrogen) atoms. The Bertz CT molecular complexity index is 957. The quantitative estimate of drug-likeness (QED) is 0.614. The summed E-state index contributed by atoms with van der Waals surface area (Å²) in [7, 11) is 0. The van der Waals surface area contributed by atoms with Crippen molar-refractivity contribution in [2.24, 2.45) is 0 Å². The van der Waals surface area contributed by atoms with Gasteiger partial charge in [-0.15, -0.1) is 0 Å². The van der Waals surface area contributed by atoms with E-state index in [1.165, 1.54) is 0 Å². The smallest absolute Gasteiger partial charge is 0.316 e. The van der Waals surface area contributed by atoms with Crippen molar-refractivity contribution in [2.75, 3.05) is 13.1 Å². The summed E-state index contributed by atoms with van der Waals surface area (Å²) in [6.07, 6.45) is 0. The first kappa shape index (κ1) is 18.9. The Balaban J connectivity index is 1.48. The molecular formula is C18H14Cl2N4O3. The Morgan fingerprint density at radius 1 is 0.926 bits per heavy atom. The number of nitrogens with zero attached hydrogens (tertiary/aromatic N) is 2. The van der Waals surface area contributed by atoms with Crippen LogP contribution < -0.4 is 10.6 Å². The predicted molar refractivity (Wildman–Crippen MR) is 101 cm³/mol. The number of rotatable bonds is 6. The molecule has 3 rings (SSSR count). The summed E-state index contributed by atoms with van der Waals surface area (Å²) in [6.45, 7) is 0.430. The van der Waals surface area contributed by atoms with Gasteiger partial charge in [-0.05, 0) is 42.5 Å². The van der Waals surface area contributed by atoms with Crippen molar-refractivity contribution in [3.8, 4) is 11.4 Å². The third kappa shape index (κ3) is 5.06. The Labute approximate surface area is 164 Å². The monoisotopic (exact) mass is 404 g/mol. The third-order valence-corrected chi connectivity index (χ3v) is 3.99. The number of nitrogens with one attached hydrogen (secondary N) is 2. The van der Waals surface area contributed by atoms with Crippen molar-refractivity contribution in [3.63, 3.8) is 0 Å². The minimum atomic E-state index is -0.528. The molecule has 138 valence electrons. The molecule has 0 spiro atoms. The number of amides is 2. The summed E-state index contributed by atoms with van der Waals surface area (Å²) in [5.41, 5.74) is 1.12. The molecule has 2 aromatic carbocycles. The first-order chi connectivity index (χ1) is 13.0. The predicted octanol–water partition coefficient (Wildman–Crippen LogP) is 3.20. The van der Waals surface area contributed by atoms with Crippen LogP contribution in [0.25, 0.3) is 11.4 Å². The summed E-state index contributed by atoms with van der Waals surface area (Å²) in [6, 6.07) is 13.4. The molecule has 2 N–H and O–H groups in total. The van der Waals surface area contributed by atoms with Crippen molar-refractivity contribution in [3.05, 3.63) is 70.0 Å². The van der Waals surface area contributed by atoms with Gasteiger partial charge < -0.3 is 15.2 Å². The van der Waals surface area contributed by atoms with E-state index in [1.54, 1.807) is 48.5 Å². The Morgan fingerprint density at radius 2 is 1.63 bits per heavy atom. The standard InChI is InChI=1S/C18H14Cl2N4O3/c19-13-6-4-11(5-7-13)15-23-18(27-24-15)17(26)22-9-8-21-16(25)12-2-1-3-14(20)10-12/h1-7,10H,8-9H2,(H,21,25)(H,22,26). The van der Waals surface area contributed by atoms with E-state index in [4.69, 9.17) is 27.7 Å². The molecule has 0 aliphatic rings. The minimum Gasteiger partial charge on any atom is -0.350 e. The van der Waals surface area contributed by atoms with Crippen LogP contribution in [-0.2, 0) is 0 Å². The molecule has 0 saturated carbocycles. The molecule has 0 radical (unpaired) electrons. The van der Waals surface area contributed by atoms with Crippen molar-refractivity contribution in [2.45, 2.75) is 0 Å². The number of hydrogen-bond acceptors (Lipinski definition) is 5. The van der Waals surface area contributed by atoms with E-state index in [0.29, 0.717) is 21.2 Å². The van der Waals surface area contributed by atoms with Crippen LogP contribution in [0.1, 0.15) is 21.0 Å². The molecule has 1 heterocycles. The molecule has 0 aliphatic heterocycles. The normalized spacial score (nSPS) is 10.4. The molecule has 0 saturated heterocycles. The second-order valence-electron chi connectivity index (χ2n) is 5.45. The van der Waals surface area contributed by atoms with E-state index in [9.17, 15) is 9.59 Å². The topological polar surface area (TPSA) is 97.1 Å². The summed E-state index contributed by atoms with van der Waals surface area (Å²) < 4.78 is 4.96. The number of benzene rings is 2. The zero-order valence-corrected chi connectivity index (χ0v) is 15.4. The van der Waals surface area contributed by atoms with Gasteiger partial charge in [-0.1, -0.05) is 34.4 Å². The van der Waals surface area contributed by atoms with Crippen molar-refractivity contribution in [1.29, 1.82) is 0 Å². The summed E-state index contributed by atoms with van der Waals surface area (Å²) in [5, 5.41) is 10.1. The van der Waals surface area contributed by atoms with Crippen LogP contribution in [0.3, 0.4) is 0 Å². The highest BCUT2D eigenvalue weighted by Gasteiger charge is 2.15. The van der Waals surface area contributed by atoms with Crippen LogP contribution in [0.15, 0.2) is 53.1 Å². The molecule has 3 aromatic rings. The highest BCUT2D eigenvalue weighted by Crippen LogP contribution is 2.18. The lowest BCUT2D eigenvalue weighted by Gasteiger charge is -2.06. The molecule has 0 atom stereocenters. The largest absolute Gasteiger partial charge is 0.350 e. The second kappa shape index (κ2) is 8.66. The fraction of sp³-hybridized carbons (Fsp3) is 0.111. The minimum absolute atomic E-state index is 0.166. The Morgan fingerprint density at radius 3 is 2.33 bits per heavy atom. The van der Waals surface area contributed by atoms with Crippen molar-refractivity contribution in [1.82, 2.24) is 20.8 Å². The van der Waals surface area contributed by atoms with Gasteiger partial charge in [-0.3, -0.25) is 9.59 Å². The van der Waals surface area contributed by atoms with Gasteiger partial charge in [-0.2, -0.15) is 4.98 Å². The van der Waals surface area contributed by atoms with Crippen molar-refractivity contribution >= 4 is 35.0 Å². The number of aromatic nitrogens is 2. The van der Waals surface area contributed by atoms with Gasteiger partial charge in [0.1, 0.15) is 0 Å². The van der Waals surface area contributed by atoms with Crippen LogP contribution >= 0.6 is 23.2 Å². The van der Waals surface area contributed by atoms with E-state index in [2.05, 4.69) is 20.8 Å². The highest BCUT2D eigenvalue weighted by molar-refractivity contribution is 6.31. The summed E-state index contributed by atoms with van der Waals surface area (Å²) in [5.74, 6) is -0.693. The average molecular weight is 405 g/mol. The zero-order chi connectivity index (χ0) is 19.2. The number of halogens is 2. The van der Waals surface area contributed by atoms with Crippen molar-refractivity contribution < 1.29 is 14.1 Å². The van der Waals surface area contributed by atoms with Gasteiger partial charge in [0.2, 0.25) is 5.82 Å². The maximum Gasteiger partial charge on any atom is 0.316 e. The fourth-order valence-corrected chi connectivity index (χ4v) is 2.51. The summed E-state index contributed by atoms with van der Waals surface area (Å²) >= 11 is 11.7. The van der Waals surface area contributed by atoms with Crippen LogP contribution in [-0.4, -0.2) is 35.0 Å². The van der Waals surface area contributed by atoms with Gasteiger partial charge in [0, 0.05) is 34.3 Å². The molecule has 9 heteroatoms. The average Bonchev–Trinajstić information content (AvgIpc) is 3.16. The van der Waals surface area contributed by atoms with Gasteiger partial charge in [0.15, 0.2) is 0 Å². The Hall–Kier alpha value is -2.90. The maximum atomic E-state index is 12.0. The van der Waals surface area contributed by atoms with Gasteiger partial charge in [0.05, 0.1) is 0 Å². The molecule has 0 aliphatic carbocycles. The van der Waals surface area contributed by atoms with E-state index in [0.717, 1.165) is 0 Å². The van der Waals surface area contributed by atoms with Gasteiger partial charge >= 0.3 is 11.8 Å². The van der Waals surface area contributed by atoms with Gasteiger partial charge in [-0.25, -0.2) is 0 Å². The SMILES string of the molecule is O=C(NCCNC(=O)c1nc(-c2ccc(Cl)cc2)no1)c1cccc(Cl)c1. The van der Waals surface area contributed by atoms with Crippen LogP contribution in [0.2, 0.25) is 10.0 Å².